The van der Waals surface area contributed by atoms with E-state index in [2.05, 4.69) is 50.2 Å². The first-order valence-corrected chi connectivity index (χ1v) is 11.4. The Morgan fingerprint density at radius 3 is 2.67 bits per heavy atom. The number of anilines is 3. The molecule has 0 unspecified atom stereocenters. The van der Waals surface area contributed by atoms with Gasteiger partial charge in [-0.05, 0) is 50.2 Å². The molecule has 0 saturated carbocycles. The van der Waals surface area contributed by atoms with E-state index in [9.17, 15) is 4.79 Å². The Morgan fingerprint density at radius 1 is 1.09 bits per heavy atom. The molecule has 1 aliphatic heterocycles. The van der Waals surface area contributed by atoms with Crippen molar-refractivity contribution in [2.24, 2.45) is 0 Å². The van der Waals surface area contributed by atoms with Crippen LogP contribution < -0.4 is 10.6 Å². The van der Waals surface area contributed by atoms with Gasteiger partial charge in [-0.25, -0.2) is 9.97 Å². The van der Waals surface area contributed by atoms with Crippen molar-refractivity contribution in [2.45, 2.75) is 26.3 Å². The predicted octanol–water partition coefficient (Wildman–Crippen LogP) is 3.71. The number of nitrogens with zero attached hydrogens (tertiary/aromatic N) is 4. The van der Waals surface area contributed by atoms with Gasteiger partial charge in [0.05, 0.1) is 5.52 Å². The first-order valence-electron chi connectivity index (χ1n) is 11.4. The van der Waals surface area contributed by atoms with E-state index in [-0.39, 0.29) is 5.91 Å². The van der Waals surface area contributed by atoms with Crippen LogP contribution >= 0.6 is 0 Å². The van der Waals surface area contributed by atoms with Crippen molar-refractivity contribution in [1.29, 1.82) is 0 Å². The summed E-state index contributed by atoms with van der Waals surface area (Å²) in [6, 6.07) is 13.8. The van der Waals surface area contributed by atoms with Gasteiger partial charge in [-0.15, -0.1) is 6.42 Å². The predicted molar refractivity (Wildman–Crippen MR) is 134 cm³/mol. The highest BCUT2D eigenvalue weighted by Gasteiger charge is 2.19. The van der Waals surface area contributed by atoms with Crippen LogP contribution in [0.2, 0.25) is 0 Å². The normalized spacial score (nSPS) is 14.8. The van der Waals surface area contributed by atoms with E-state index in [0.29, 0.717) is 18.3 Å². The molecule has 33 heavy (non-hydrogen) atoms. The molecule has 2 N–H and O–H groups in total. The molecule has 0 radical (unpaired) electrons. The standard InChI is InChI=1S/C26H30N6O/c1-4-20-6-5-7-21(16-20)30-26-23-17-22(8-9-24(23)27-18-28-26)29-25(33)10-11-31-12-14-32(15-13-31)19(2)3/h1,5-9,16-19H,10-15H2,2-3H3,(H,29,33)(H,27,28,30). The Balaban J connectivity index is 1.39. The van der Waals surface area contributed by atoms with Crippen molar-refractivity contribution >= 4 is 34.0 Å². The fraction of sp³-hybridized carbons (Fsp3) is 0.346. The average Bonchev–Trinajstić information content (AvgIpc) is 2.83. The Kier molecular flexibility index (Phi) is 7.18. The number of terminal acetylenes is 1. The molecule has 1 saturated heterocycles. The zero-order valence-corrected chi connectivity index (χ0v) is 19.2. The van der Waals surface area contributed by atoms with Crippen LogP contribution in [0.15, 0.2) is 48.8 Å². The summed E-state index contributed by atoms with van der Waals surface area (Å²) in [5, 5.41) is 7.16. The molecule has 1 aromatic heterocycles. The summed E-state index contributed by atoms with van der Waals surface area (Å²) in [7, 11) is 0. The summed E-state index contributed by atoms with van der Waals surface area (Å²) >= 11 is 0. The van der Waals surface area contributed by atoms with Crippen LogP contribution in [0.3, 0.4) is 0 Å². The summed E-state index contributed by atoms with van der Waals surface area (Å²) in [5.74, 6) is 3.31. The van der Waals surface area contributed by atoms with Crippen molar-refractivity contribution in [3.63, 3.8) is 0 Å². The van der Waals surface area contributed by atoms with Crippen molar-refractivity contribution < 1.29 is 4.79 Å². The smallest absolute Gasteiger partial charge is 0.225 e. The molecule has 4 rings (SSSR count). The molecule has 0 bridgehead atoms. The van der Waals surface area contributed by atoms with Gasteiger partial charge in [0.25, 0.3) is 0 Å². The molecule has 0 spiro atoms. The topological polar surface area (TPSA) is 73.4 Å². The molecular weight excluding hydrogens is 412 g/mol. The lowest BCUT2D eigenvalue weighted by Crippen LogP contribution is -2.49. The third-order valence-corrected chi connectivity index (χ3v) is 6.00. The van der Waals surface area contributed by atoms with Crippen molar-refractivity contribution in [3.05, 3.63) is 54.4 Å². The Bertz CT molecular complexity index is 1160. The quantitative estimate of drug-likeness (QED) is 0.544. The summed E-state index contributed by atoms with van der Waals surface area (Å²) in [5.41, 5.74) is 3.16. The zero-order valence-electron chi connectivity index (χ0n) is 19.2. The fourth-order valence-electron chi connectivity index (χ4n) is 4.04. The van der Waals surface area contributed by atoms with E-state index in [1.807, 2.05) is 42.5 Å². The van der Waals surface area contributed by atoms with Gasteiger partial charge in [0.15, 0.2) is 0 Å². The first kappa shape index (κ1) is 22.7. The third-order valence-electron chi connectivity index (χ3n) is 6.00. The van der Waals surface area contributed by atoms with Gasteiger partial charge in [0.2, 0.25) is 5.91 Å². The number of piperazine rings is 1. The van der Waals surface area contributed by atoms with E-state index >= 15 is 0 Å². The summed E-state index contributed by atoms with van der Waals surface area (Å²) in [4.78, 5) is 26.2. The average molecular weight is 443 g/mol. The number of fused-ring (bicyclic) bond motifs is 1. The number of carbonyl (C=O) groups is 1. The van der Waals surface area contributed by atoms with Gasteiger partial charge < -0.3 is 15.5 Å². The minimum absolute atomic E-state index is 0.00807. The van der Waals surface area contributed by atoms with E-state index in [0.717, 1.165) is 60.6 Å². The number of carbonyl (C=O) groups excluding carboxylic acids is 1. The van der Waals surface area contributed by atoms with Gasteiger partial charge in [-0.2, -0.15) is 0 Å². The first-order chi connectivity index (χ1) is 16.0. The van der Waals surface area contributed by atoms with Gasteiger partial charge in [-0.1, -0.05) is 12.0 Å². The highest BCUT2D eigenvalue weighted by Crippen LogP contribution is 2.26. The van der Waals surface area contributed by atoms with E-state index in [1.165, 1.54) is 6.33 Å². The fourth-order valence-corrected chi connectivity index (χ4v) is 4.04. The Hall–Kier alpha value is -3.47. The molecule has 7 heteroatoms. The minimum atomic E-state index is 0.00807. The monoisotopic (exact) mass is 442 g/mol. The number of aromatic nitrogens is 2. The lowest BCUT2D eigenvalue weighted by Gasteiger charge is -2.36. The molecule has 2 aromatic carbocycles. The van der Waals surface area contributed by atoms with Gasteiger partial charge in [-0.3, -0.25) is 9.69 Å². The second-order valence-electron chi connectivity index (χ2n) is 8.57. The third kappa shape index (κ3) is 5.86. The SMILES string of the molecule is C#Cc1cccc(Nc2ncnc3ccc(NC(=O)CCN4CCN(C(C)C)CC4)cc23)c1. The maximum Gasteiger partial charge on any atom is 0.225 e. The maximum atomic E-state index is 12.6. The van der Waals surface area contributed by atoms with E-state index in [4.69, 9.17) is 6.42 Å². The van der Waals surface area contributed by atoms with Crippen LogP contribution in [-0.4, -0.2) is 64.4 Å². The number of benzene rings is 2. The van der Waals surface area contributed by atoms with Crippen molar-refractivity contribution in [1.82, 2.24) is 19.8 Å². The van der Waals surface area contributed by atoms with E-state index < -0.39 is 0 Å². The molecule has 0 atom stereocenters. The molecule has 2 heterocycles. The molecule has 0 aliphatic carbocycles. The molecule has 1 fully saturated rings. The van der Waals surface area contributed by atoms with Crippen molar-refractivity contribution in [3.8, 4) is 12.3 Å². The second kappa shape index (κ2) is 10.4. The number of rotatable bonds is 7. The van der Waals surface area contributed by atoms with Gasteiger partial charge >= 0.3 is 0 Å². The Labute approximate surface area is 195 Å². The largest absolute Gasteiger partial charge is 0.340 e. The highest BCUT2D eigenvalue weighted by atomic mass is 16.1. The molecular formula is C26H30N6O. The summed E-state index contributed by atoms with van der Waals surface area (Å²) in [6.07, 6.45) is 7.50. The summed E-state index contributed by atoms with van der Waals surface area (Å²) in [6.45, 7) is 9.37. The minimum Gasteiger partial charge on any atom is -0.340 e. The van der Waals surface area contributed by atoms with Gasteiger partial charge in [0.1, 0.15) is 12.1 Å². The number of nitrogens with one attached hydrogen (secondary N) is 2. The molecule has 1 amide bonds. The molecule has 3 aromatic rings. The zero-order chi connectivity index (χ0) is 23.2. The van der Waals surface area contributed by atoms with Crippen LogP contribution in [0.5, 0.6) is 0 Å². The lowest BCUT2D eigenvalue weighted by molar-refractivity contribution is -0.116. The molecule has 170 valence electrons. The number of amides is 1. The second-order valence-corrected chi connectivity index (χ2v) is 8.57. The lowest BCUT2D eigenvalue weighted by atomic mass is 10.2. The van der Waals surface area contributed by atoms with E-state index in [1.54, 1.807) is 0 Å². The van der Waals surface area contributed by atoms with Gasteiger partial charge in [0, 0.05) is 67.5 Å². The van der Waals surface area contributed by atoms with Crippen LogP contribution in [0.4, 0.5) is 17.2 Å². The van der Waals surface area contributed by atoms with Crippen molar-refractivity contribution in [2.75, 3.05) is 43.4 Å². The number of hydrogen-bond acceptors (Lipinski definition) is 6. The Morgan fingerprint density at radius 2 is 1.91 bits per heavy atom. The van der Waals surface area contributed by atoms with Crippen LogP contribution in [0, 0.1) is 12.3 Å². The van der Waals surface area contributed by atoms with Crippen LogP contribution in [0.1, 0.15) is 25.8 Å². The maximum absolute atomic E-state index is 12.6. The summed E-state index contributed by atoms with van der Waals surface area (Å²) < 4.78 is 0. The molecule has 1 aliphatic rings. The van der Waals surface area contributed by atoms with Crippen LogP contribution in [-0.2, 0) is 4.79 Å². The highest BCUT2D eigenvalue weighted by molar-refractivity contribution is 5.97. The molecule has 7 nitrogen and oxygen atoms in total. The van der Waals surface area contributed by atoms with Crippen LogP contribution in [0.25, 0.3) is 10.9 Å². The number of hydrogen-bond donors (Lipinski definition) is 2.